The molecule has 3 rings (SSSR count). The molecule has 1 N–H and O–H groups in total. The van der Waals surface area contributed by atoms with E-state index in [9.17, 15) is 20.0 Å². The summed E-state index contributed by atoms with van der Waals surface area (Å²) in [5.41, 5.74) is 0.801. The quantitative estimate of drug-likeness (QED) is 0.665. The van der Waals surface area contributed by atoms with Crippen LogP contribution in [0.15, 0.2) is 66.4 Å². The van der Waals surface area contributed by atoms with Crippen LogP contribution in [-0.4, -0.2) is 20.8 Å². The van der Waals surface area contributed by atoms with E-state index in [2.05, 4.69) is 6.08 Å². The Morgan fingerprint density at radius 3 is 2.96 bits per heavy atom. The molecule has 1 aromatic rings. The van der Waals surface area contributed by atoms with Crippen molar-refractivity contribution in [2.24, 2.45) is 0 Å². The lowest BCUT2D eigenvalue weighted by Crippen LogP contribution is -2.23. The zero-order valence-electron chi connectivity index (χ0n) is 13.3. The largest absolute Gasteiger partial charge is 0.502 e. The second-order valence-corrected chi connectivity index (χ2v) is 5.64. The number of nitrogens with zero attached hydrogens (tertiary/aromatic N) is 2. The number of phenols is 1. The van der Waals surface area contributed by atoms with E-state index in [1.807, 2.05) is 12.2 Å². The van der Waals surface area contributed by atoms with Gasteiger partial charge in [-0.2, -0.15) is 0 Å². The van der Waals surface area contributed by atoms with Gasteiger partial charge in [0.05, 0.1) is 11.1 Å². The highest BCUT2D eigenvalue weighted by molar-refractivity contribution is 5.96. The molecule has 0 bridgehead atoms. The minimum absolute atomic E-state index is 0.103. The van der Waals surface area contributed by atoms with Gasteiger partial charge in [-0.25, -0.2) is 0 Å². The zero-order valence-corrected chi connectivity index (χ0v) is 13.3. The predicted molar refractivity (Wildman–Crippen MR) is 90.3 cm³/mol. The predicted octanol–water partition coefficient (Wildman–Crippen LogP) is 3.75. The Labute approximate surface area is 144 Å². The lowest BCUT2D eigenvalue weighted by molar-refractivity contribution is -0.385. The fraction of sp³-hybridized carbons (Fsp3) is 0.167. The number of aromatic hydroxyl groups is 1. The summed E-state index contributed by atoms with van der Waals surface area (Å²) in [5, 5.41) is 20.4. The summed E-state index contributed by atoms with van der Waals surface area (Å²) in [5.74, 6) is -0.309. The summed E-state index contributed by atoms with van der Waals surface area (Å²) >= 11 is 0. The zero-order chi connectivity index (χ0) is 17.8. The molecular formula is C18H16N2O5. The number of phenolic OH excluding ortho intramolecular Hbond substituents is 1. The summed E-state index contributed by atoms with van der Waals surface area (Å²) in [7, 11) is 0. The fourth-order valence-corrected chi connectivity index (χ4v) is 2.60. The van der Waals surface area contributed by atoms with Gasteiger partial charge in [0, 0.05) is 24.3 Å². The minimum atomic E-state index is -0.731. The van der Waals surface area contributed by atoms with Gasteiger partial charge in [0.1, 0.15) is 12.0 Å². The molecule has 1 heterocycles. The Balaban J connectivity index is 1.79. The number of carbonyl (C=O) groups is 1. The average molecular weight is 340 g/mol. The first-order valence-electron chi connectivity index (χ1n) is 7.73. The van der Waals surface area contributed by atoms with E-state index >= 15 is 0 Å². The maximum atomic E-state index is 12.6. The molecule has 0 radical (unpaired) electrons. The first-order valence-corrected chi connectivity index (χ1v) is 7.73. The van der Waals surface area contributed by atoms with Gasteiger partial charge in [0.2, 0.25) is 0 Å². The van der Waals surface area contributed by atoms with Gasteiger partial charge in [-0.1, -0.05) is 23.8 Å². The summed E-state index contributed by atoms with van der Waals surface area (Å²) in [6.45, 7) is 0. The van der Waals surface area contributed by atoms with Crippen molar-refractivity contribution >= 4 is 11.6 Å². The van der Waals surface area contributed by atoms with Crippen LogP contribution in [0.1, 0.15) is 29.6 Å². The maximum Gasteiger partial charge on any atom is 0.311 e. The van der Waals surface area contributed by atoms with E-state index in [-0.39, 0.29) is 5.56 Å². The summed E-state index contributed by atoms with van der Waals surface area (Å²) in [6, 6.07) is 3.54. The van der Waals surface area contributed by atoms with Crippen LogP contribution in [-0.2, 0) is 4.74 Å². The number of allylic oxidation sites excluding steroid dienone is 4. The minimum Gasteiger partial charge on any atom is -0.502 e. The summed E-state index contributed by atoms with van der Waals surface area (Å²) in [4.78, 5) is 24.1. The smallest absolute Gasteiger partial charge is 0.311 e. The standard InChI is InChI=1S/C18H16N2O5/c21-17-7-6-14(11-16(17)20(23)24)18(22)19-8-9-25-15(12-19)10-13-4-2-1-3-5-13/h1-2,4,6-9,11-12,21H,3,5,10H2. The van der Waals surface area contributed by atoms with E-state index in [4.69, 9.17) is 4.74 Å². The van der Waals surface area contributed by atoms with Crippen LogP contribution < -0.4 is 0 Å². The van der Waals surface area contributed by atoms with E-state index in [0.717, 1.165) is 25.0 Å². The molecule has 1 aliphatic carbocycles. The first-order chi connectivity index (χ1) is 12.0. The van der Waals surface area contributed by atoms with Crippen LogP contribution in [0, 0.1) is 10.1 Å². The number of carbonyl (C=O) groups excluding carboxylic acids is 1. The van der Waals surface area contributed by atoms with Crippen molar-refractivity contribution in [2.75, 3.05) is 0 Å². The van der Waals surface area contributed by atoms with E-state index in [1.165, 1.54) is 29.0 Å². The van der Waals surface area contributed by atoms with Crippen molar-refractivity contribution < 1.29 is 19.6 Å². The molecule has 0 saturated heterocycles. The molecule has 1 amide bonds. The molecule has 0 saturated carbocycles. The van der Waals surface area contributed by atoms with Gasteiger partial charge in [-0.3, -0.25) is 19.8 Å². The molecular weight excluding hydrogens is 324 g/mol. The van der Waals surface area contributed by atoms with E-state index in [0.29, 0.717) is 12.2 Å². The first kappa shape index (κ1) is 16.5. The van der Waals surface area contributed by atoms with Crippen molar-refractivity contribution in [3.05, 3.63) is 82.1 Å². The van der Waals surface area contributed by atoms with Gasteiger partial charge >= 0.3 is 5.69 Å². The van der Waals surface area contributed by atoms with Crippen LogP contribution in [0.4, 0.5) is 5.69 Å². The lowest BCUT2D eigenvalue weighted by Gasteiger charge is -2.21. The highest BCUT2D eigenvalue weighted by Crippen LogP contribution is 2.28. The van der Waals surface area contributed by atoms with Gasteiger partial charge in [0.25, 0.3) is 5.91 Å². The number of benzene rings is 1. The van der Waals surface area contributed by atoms with E-state index < -0.39 is 22.3 Å². The maximum absolute atomic E-state index is 12.6. The van der Waals surface area contributed by atoms with Crippen LogP contribution in [0.5, 0.6) is 5.75 Å². The molecule has 0 aromatic heterocycles. The highest BCUT2D eigenvalue weighted by atomic mass is 16.6. The van der Waals surface area contributed by atoms with Crippen molar-refractivity contribution in [2.45, 2.75) is 19.3 Å². The van der Waals surface area contributed by atoms with Crippen molar-refractivity contribution in [3.8, 4) is 5.75 Å². The molecule has 7 nitrogen and oxygen atoms in total. The van der Waals surface area contributed by atoms with Gasteiger partial charge in [-0.05, 0) is 25.0 Å². The third-order valence-corrected chi connectivity index (χ3v) is 3.88. The Morgan fingerprint density at radius 2 is 2.24 bits per heavy atom. The third kappa shape index (κ3) is 3.77. The lowest BCUT2D eigenvalue weighted by atomic mass is 10.0. The van der Waals surface area contributed by atoms with Gasteiger partial charge in [-0.15, -0.1) is 0 Å². The monoisotopic (exact) mass is 340 g/mol. The van der Waals surface area contributed by atoms with Crippen molar-refractivity contribution in [1.29, 1.82) is 0 Å². The van der Waals surface area contributed by atoms with Crippen molar-refractivity contribution in [3.63, 3.8) is 0 Å². The Kier molecular flexibility index (Phi) is 4.65. The van der Waals surface area contributed by atoms with Crippen LogP contribution in [0.2, 0.25) is 0 Å². The molecule has 0 fully saturated rings. The summed E-state index contributed by atoms with van der Waals surface area (Å²) < 4.78 is 5.45. The molecule has 128 valence electrons. The van der Waals surface area contributed by atoms with Crippen molar-refractivity contribution in [1.82, 2.24) is 4.90 Å². The second-order valence-electron chi connectivity index (χ2n) is 5.64. The summed E-state index contributed by atoms with van der Waals surface area (Å²) in [6.07, 6.45) is 13.0. The molecule has 0 spiro atoms. The van der Waals surface area contributed by atoms with Crippen LogP contribution in [0.3, 0.4) is 0 Å². The number of nitro benzene ring substituents is 1. The number of ether oxygens (including phenoxy) is 1. The number of hydrogen-bond acceptors (Lipinski definition) is 5. The Bertz CT molecular complexity index is 836. The van der Waals surface area contributed by atoms with E-state index in [1.54, 1.807) is 6.20 Å². The number of hydrogen-bond donors (Lipinski definition) is 1. The number of rotatable bonds is 4. The number of nitro groups is 1. The van der Waals surface area contributed by atoms with Gasteiger partial charge < -0.3 is 9.84 Å². The average Bonchev–Trinajstić information content (AvgIpc) is 2.62. The topological polar surface area (TPSA) is 92.9 Å². The fourth-order valence-electron chi connectivity index (χ4n) is 2.60. The van der Waals surface area contributed by atoms with Gasteiger partial charge in [0.15, 0.2) is 5.75 Å². The molecule has 0 unspecified atom stereocenters. The molecule has 1 aromatic carbocycles. The van der Waals surface area contributed by atoms with Crippen LogP contribution >= 0.6 is 0 Å². The van der Waals surface area contributed by atoms with Crippen LogP contribution in [0.25, 0.3) is 0 Å². The molecule has 1 aliphatic heterocycles. The SMILES string of the molecule is O=C(c1ccc(O)c([N+](=O)[O-])c1)N1C=COC(CC2=CC=CCC2)=C1. The second kappa shape index (κ2) is 7.04. The Morgan fingerprint density at radius 1 is 1.40 bits per heavy atom. The number of amides is 1. The Hall–Kier alpha value is -3.35. The normalized spacial score (nSPS) is 16.1. The molecule has 25 heavy (non-hydrogen) atoms. The molecule has 7 heteroatoms. The third-order valence-electron chi connectivity index (χ3n) is 3.88. The molecule has 2 aliphatic rings. The highest BCUT2D eigenvalue weighted by Gasteiger charge is 2.21. The molecule has 0 atom stereocenters.